The van der Waals surface area contributed by atoms with Gasteiger partial charge in [-0.2, -0.15) is 0 Å². The van der Waals surface area contributed by atoms with Crippen LogP contribution in [0.25, 0.3) is 10.2 Å². The molecule has 6 nitrogen and oxygen atoms in total. The molecule has 4 rings (SSSR count). The van der Waals surface area contributed by atoms with Crippen molar-refractivity contribution >= 4 is 56.6 Å². The van der Waals surface area contributed by atoms with Crippen LogP contribution >= 0.6 is 35.3 Å². The third-order valence-electron chi connectivity index (χ3n) is 5.07. The molecule has 0 N–H and O–H groups in total. The smallest absolute Gasteiger partial charge is 0.266 e. The van der Waals surface area contributed by atoms with Crippen LogP contribution in [-0.2, 0) is 9.53 Å². The van der Waals surface area contributed by atoms with E-state index in [0.29, 0.717) is 22.4 Å². The van der Waals surface area contributed by atoms with Gasteiger partial charge in [0.25, 0.3) is 5.91 Å². The summed E-state index contributed by atoms with van der Waals surface area (Å²) in [5, 5.41) is 1.30. The lowest BCUT2D eigenvalue weighted by atomic mass is 10.2. The number of carbonyl (C=O) groups is 1. The Labute approximate surface area is 197 Å². The molecular weight excluding hydrogens is 457 g/mol. The molecule has 1 saturated heterocycles. The SMILES string of the molecule is Cc1ccc(Cl)c2sc(N(CCN3CCOCC3)C(=O)COc3ccccc3)nc12.Cl. The van der Waals surface area contributed by atoms with Gasteiger partial charge in [0.15, 0.2) is 11.7 Å². The lowest BCUT2D eigenvalue weighted by Crippen LogP contribution is -2.44. The van der Waals surface area contributed by atoms with Crippen LogP contribution in [0.1, 0.15) is 5.56 Å². The Morgan fingerprint density at radius 2 is 1.97 bits per heavy atom. The molecule has 166 valence electrons. The monoisotopic (exact) mass is 481 g/mol. The Morgan fingerprint density at radius 1 is 1.23 bits per heavy atom. The number of fused-ring (bicyclic) bond motifs is 1. The Morgan fingerprint density at radius 3 is 2.68 bits per heavy atom. The minimum atomic E-state index is -0.125. The topological polar surface area (TPSA) is 54.9 Å². The number of amides is 1. The Bertz CT molecular complexity index is 971. The molecule has 0 bridgehead atoms. The summed E-state index contributed by atoms with van der Waals surface area (Å²) < 4.78 is 12.0. The average molecular weight is 482 g/mol. The molecule has 9 heteroatoms. The van der Waals surface area contributed by atoms with Crippen LogP contribution in [0.3, 0.4) is 0 Å². The van der Waals surface area contributed by atoms with Crippen molar-refractivity contribution in [1.29, 1.82) is 0 Å². The first-order valence-electron chi connectivity index (χ1n) is 9.96. The molecule has 1 aliphatic heterocycles. The minimum Gasteiger partial charge on any atom is -0.484 e. The van der Waals surface area contributed by atoms with Gasteiger partial charge >= 0.3 is 0 Å². The van der Waals surface area contributed by atoms with Crippen LogP contribution in [0, 0.1) is 6.92 Å². The zero-order chi connectivity index (χ0) is 20.9. The number of ether oxygens (including phenoxy) is 2. The molecule has 0 unspecified atom stereocenters. The van der Waals surface area contributed by atoms with E-state index in [4.69, 9.17) is 26.1 Å². The third-order valence-corrected chi connectivity index (χ3v) is 6.61. The highest BCUT2D eigenvalue weighted by Gasteiger charge is 2.23. The first kappa shape index (κ1) is 23.8. The molecule has 1 fully saturated rings. The maximum atomic E-state index is 13.1. The molecule has 1 amide bonds. The summed E-state index contributed by atoms with van der Waals surface area (Å²) in [4.78, 5) is 21.9. The number of thiazole rings is 1. The summed E-state index contributed by atoms with van der Waals surface area (Å²) in [5.74, 6) is 0.544. The zero-order valence-electron chi connectivity index (χ0n) is 17.3. The third kappa shape index (κ3) is 5.87. The Hall–Kier alpha value is -1.90. The summed E-state index contributed by atoms with van der Waals surface area (Å²) in [6, 6.07) is 13.2. The highest BCUT2D eigenvalue weighted by Crippen LogP contribution is 2.35. The van der Waals surface area contributed by atoms with Gasteiger partial charge in [-0.3, -0.25) is 14.6 Å². The average Bonchev–Trinajstić information content (AvgIpc) is 3.23. The molecular formula is C22H25Cl2N3O3S. The fourth-order valence-electron chi connectivity index (χ4n) is 3.34. The van der Waals surface area contributed by atoms with Crippen molar-refractivity contribution in [3.63, 3.8) is 0 Å². The second kappa shape index (κ2) is 11.1. The van der Waals surface area contributed by atoms with Gasteiger partial charge < -0.3 is 9.47 Å². The van der Waals surface area contributed by atoms with Crippen LogP contribution < -0.4 is 9.64 Å². The van der Waals surface area contributed by atoms with Crippen molar-refractivity contribution in [1.82, 2.24) is 9.88 Å². The van der Waals surface area contributed by atoms with E-state index in [1.54, 1.807) is 4.90 Å². The normalized spacial score (nSPS) is 14.3. The van der Waals surface area contributed by atoms with Gasteiger partial charge in [-0.1, -0.05) is 47.2 Å². The molecule has 31 heavy (non-hydrogen) atoms. The summed E-state index contributed by atoms with van der Waals surface area (Å²) in [5.41, 5.74) is 1.88. The van der Waals surface area contributed by atoms with Crippen LogP contribution in [0.4, 0.5) is 5.13 Å². The van der Waals surface area contributed by atoms with Gasteiger partial charge in [-0.05, 0) is 30.7 Å². The van der Waals surface area contributed by atoms with Crippen molar-refractivity contribution in [2.45, 2.75) is 6.92 Å². The van der Waals surface area contributed by atoms with Gasteiger partial charge in [0.2, 0.25) is 0 Å². The van der Waals surface area contributed by atoms with Crippen molar-refractivity contribution in [2.75, 3.05) is 50.9 Å². The summed E-state index contributed by atoms with van der Waals surface area (Å²) >= 11 is 7.83. The number of aromatic nitrogens is 1. The quantitative estimate of drug-likeness (QED) is 0.499. The molecule has 2 heterocycles. The van der Waals surface area contributed by atoms with Gasteiger partial charge in [0.1, 0.15) is 5.75 Å². The number of hydrogen-bond donors (Lipinski definition) is 0. The second-order valence-electron chi connectivity index (χ2n) is 7.14. The molecule has 0 aliphatic carbocycles. The number of morpholine rings is 1. The molecule has 2 aromatic carbocycles. The van der Waals surface area contributed by atoms with Crippen molar-refractivity contribution < 1.29 is 14.3 Å². The molecule has 0 atom stereocenters. The van der Waals surface area contributed by atoms with E-state index >= 15 is 0 Å². The fourth-order valence-corrected chi connectivity index (χ4v) is 4.70. The number of halogens is 2. The largest absolute Gasteiger partial charge is 0.484 e. The summed E-state index contributed by atoms with van der Waals surface area (Å²) in [6.07, 6.45) is 0. The van der Waals surface area contributed by atoms with Crippen LogP contribution in [0.2, 0.25) is 5.02 Å². The van der Waals surface area contributed by atoms with E-state index in [9.17, 15) is 4.79 Å². The standard InChI is InChI=1S/C22H24ClN3O3S.ClH/c1-16-7-8-18(23)21-20(16)24-22(30-21)26(10-9-25-11-13-28-14-12-25)19(27)15-29-17-5-3-2-4-6-17;/h2-8H,9-15H2,1H3;1H. The number of hydrogen-bond acceptors (Lipinski definition) is 6. The van der Waals surface area contributed by atoms with Crippen LogP contribution in [0.15, 0.2) is 42.5 Å². The van der Waals surface area contributed by atoms with Crippen LogP contribution in [-0.4, -0.2) is 61.8 Å². The highest BCUT2D eigenvalue weighted by molar-refractivity contribution is 7.23. The number of para-hydroxylation sites is 1. The predicted molar refractivity (Wildman–Crippen MR) is 128 cm³/mol. The Balaban J connectivity index is 0.00000272. The van der Waals surface area contributed by atoms with Gasteiger partial charge in [0.05, 0.1) is 28.5 Å². The number of carbonyl (C=O) groups excluding carboxylic acids is 1. The highest BCUT2D eigenvalue weighted by atomic mass is 35.5. The molecule has 1 aromatic heterocycles. The van der Waals surface area contributed by atoms with E-state index in [2.05, 4.69) is 4.90 Å². The van der Waals surface area contributed by atoms with E-state index in [0.717, 1.165) is 48.6 Å². The number of aryl methyl sites for hydroxylation is 1. The summed E-state index contributed by atoms with van der Waals surface area (Å²) in [7, 11) is 0. The first-order chi connectivity index (χ1) is 14.6. The predicted octanol–water partition coefficient (Wildman–Crippen LogP) is 4.42. The van der Waals surface area contributed by atoms with E-state index in [1.807, 2.05) is 49.4 Å². The van der Waals surface area contributed by atoms with Crippen LogP contribution in [0.5, 0.6) is 5.75 Å². The van der Waals surface area contributed by atoms with Crippen molar-refractivity contribution in [3.8, 4) is 5.75 Å². The summed E-state index contributed by atoms with van der Waals surface area (Å²) in [6.45, 7) is 6.43. The molecule has 0 radical (unpaired) electrons. The molecule has 0 spiro atoms. The maximum absolute atomic E-state index is 13.1. The van der Waals surface area contributed by atoms with Gasteiger partial charge in [-0.25, -0.2) is 4.98 Å². The van der Waals surface area contributed by atoms with Crippen molar-refractivity contribution in [3.05, 3.63) is 53.1 Å². The first-order valence-corrected chi connectivity index (χ1v) is 11.2. The molecule has 3 aromatic rings. The van der Waals surface area contributed by atoms with E-state index in [-0.39, 0.29) is 24.9 Å². The van der Waals surface area contributed by atoms with Gasteiger partial charge in [0, 0.05) is 26.2 Å². The number of rotatable bonds is 7. The number of benzene rings is 2. The van der Waals surface area contributed by atoms with E-state index in [1.165, 1.54) is 11.3 Å². The van der Waals surface area contributed by atoms with E-state index < -0.39 is 0 Å². The lowest BCUT2D eigenvalue weighted by molar-refractivity contribution is -0.120. The molecule has 0 saturated carbocycles. The second-order valence-corrected chi connectivity index (χ2v) is 8.52. The number of nitrogens with zero attached hydrogens (tertiary/aromatic N) is 3. The lowest BCUT2D eigenvalue weighted by Gasteiger charge is -2.29. The molecule has 1 aliphatic rings. The minimum absolute atomic E-state index is 0. The zero-order valence-corrected chi connectivity index (χ0v) is 19.6. The fraction of sp³-hybridized carbons (Fsp3) is 0.364. The van der Waals surface area contributed by atoms with Crippen molar-refractivity contribution in [2.24, 2.45) is 0 Å². The maximum Gasteiger partial charge on any atom is 0.266 e. The Kier molecular flexibility index (Phi) is 8.51. The number of anilines is 1. The van der Waals surface area contributed by atoms with Gasteiger partial charge in [-0.15, -0.1) is 12.4 Å².